The number of carbonyl (C=O) groups is 1. The van der Waals surface area contributed by atoms with E-state index >= 15 is 0 Å². The molecule has 2 rings (SSSR count). The lowest BCUT2D eigenvalue weighted by atomic mass is 10.0. The third-order valence-electron chi connectivity index (χ3n) is 2.44. The highest BCUT2D eigenvalue weighted by Crippen LogP contribution is 2.23. The molecule has 3 heteroatoms. The number of hydrogen-bond acceptors (Lipinski definition) is 3. The Bertz CT molecular complexity index is 432. The molecule has 0 saturated heterocycles. The van der Waals surface area contributed by atoms with Gasteiger partial charge < -0.3 is 9.47 Å². The first-order chi connectivity index (χ1) is 7.24. The average molecular weight is 204 g/mol. The number of rotatable bonds is 1. The maximum Gasteiger partial charge on any atom is 0.231 e. The second-order valence-corrected chi connectivity index (χ2v) is 3.36. The lowest BCUT2D eigenvalue weighted by molar-refractivity contribution is 0.0931. The number of Topliss-reactive ketones (excluding diaryl/α,β-unsaturated/α-hetero) is 1. The molecule has 0 bridgehead atoms. The van der Waals surface area contributed by atoms with E-state index in [1.165, 1.54) is 7.11 Å². The quantitative estimate of drug-likeness (QED) is 0.704. The molecule has 0 unspecified atom stereocenters. The van der Waals surface area contributed by atoms with Crippen LogP contribution < -0.4 is 0 Å². The minimum atomic E-state index is -0.108. The van der Waals surface area contributed by atoms with Crippen molar-refractivity contribution in [3.8, 4) is 0 Å². The van der Waals surface area contributed by atoms with Crippen LogP contribution in [-0.4, -0.2) is 12.9 Å². The molecular weight excluding hydrogens is 192 g/mol. The van der Waals surface area contributed by atoms with E-state index in [9.17, 15) is 4.79 Å². The Balaban J connectivity index is 2.53. The predicted molar refractivity (Wildman–Crippen MR) is 55.3 cm³/mol. The summed E-state index contributed by atoms with van der Waals surface area (Å²) in [6, 6.07) is 7.41. The van der Waals surface area contributed by atoms with E-state index < -0.39 is 0 Å². The zero-order valence-electron chi connectivity index (χ0n) is 8.74. The molecule has 1 aromatic carbocycles. The molecule has 1 aliphatic heterocycles. The van der Waals surface area contributed by atoms with Crippen molar-refractivity contribution in [1.29, 1.82) is 0 Å². The fraction of sp³-hybridized carbons (Fsp3) is 0.250. The molecule has 15 heavy (non-hydrogen) atoms. The molecular formula is C12H12O3. The fourth-order valence-corrected chi connectivity index (χ4v) is 1.64. The monoisotopic (exact) mass is 204 g/mol. The molecule has 0 fully saturated rings. The minimum Gasteiger partial charge on any atom is -0.490 e. The summed E-state index contributed by atoms with van der Waals surface area (Å²) in [4.78, 5) is 12.0. The predicted octanol–water partition coefficient (Wildman–Crippen LogP) is 2.28. The molecule has 0 radical (unpaired) electrons. The van der Waals surface area contributed by atoms with Crippen LogP contribution in [0.25, 0.3) is 0 Å². The Kier molecular flexibility index (Phi) is 2.46. The number of ether oxygens (including phenoxy) is 2. The SMILES string of the molecule is COC1=C(C)OCc2ccccc2C1=O. The molecule has 0 saturated carbocycles. The topological polar surface area (TPSA) is 35.5 Å². The van der Waals surface area contributed by atoms with Crippen molar-refractivity contribution >= 4 is 5.78 Å². The molecule has 0 aromatic heterocycles. The van der Waals surface area contributed by atoms with E-state index in [-0.39, 0.29) is 5.78 Å². The van der Waals surface area contributed by atoms with Gasteiger partial charge in [-0.15, -0.1) is 0 Å². The number of methoxy groups -OCH3 is 1. The van der Waals surface area contributed by atoms with Gasteiger partial charge in [-0.3, -0.25) is 4.79 Å². The molecule has 0 N–H and O–H groups in total. The Morgan fingerprint density at radius 3 is 2.80 bits per heavy atom. The Morgan fingerprint density at radius 1 is 1.33 bits per heavy atom. The first-order valence-corrected chi connectivity index (χ1v) is 4.74. The summed E-state index contributed by atoms with van der Waals surface area (Å²) >= 11 is 0. The number of carbonyl (C=O) groups excluding carboxylic acids is 1. The molecule has 1 heterocycles. The zero-order valence-corrected chi connectivity index (χ0v) is 8.74. The van der Waals surface area contributed by atoms with Crippen LogP contribution in [0.1, 0.15) is 22.8 Å². The van der Waals surface area contributed by atoms with Crippen LogP contribution in [0.15, 0.2) is 35.8 Å². The third kappa shape index (κ3) is 1.61. The normalized spacial score (nSPS) is 15.5. The molecule has 0 aliphatic carbocycles. The average Bonchev–Trinajstić information content (AvgIpc) is 2.38. The van der Waals surface area contributed by atoms with E-state index in [2.05, 4.69) is 0 Å². The second-order valence-electron chi connectivity index (χ2n) is 3.36. The van der Waals surface area contributed by atoms with Gasteiger partial charge in [-0.25, -0.2) is 0 Å². The minimum absolute atomic E-state index is 0.108. The molecule has 78 valence electrons. The standard InChI is InChI=1S/C12H12O3/c1-8-12(14-2)11(13)10-6-4-3-5-9(10)7-15-8/h3-6H,7H2,1-2H3. The fourth-order valence-electron chi connectivity index (χ4n) is 1.64. The number of ketones is 1. The van der Waals surface area contributed by atoms with Crippen molar-refractivity contribution in [3.63, 3.8) is 0 Å². The lowest BCUT2D eigenvalue weighted by Gasteiger charge is -2.05. The van der Waals surface area contributed by atoms with Crippen molar-refractivity contribution in [2.45, 2.75) is 13.5 Å². The third-order valence-corrected chi connectivity index (χ3v) is 2.44. The van der Waals surface area contributed by atoms with Gasteiger partial charge in [-0.1, -0.05) is 24.3 Å². The van der Waals surface area contributed by atoms with Gasteiger partial charge in [-0.2, -0.15) is 0 Å². The first kappa shape index (κ1) is 9.77. The van der Waals surface area contributed by atoms with Gasteiger partial charge in [0, 0.05) is 11.1 Å². The van der Waals surface area contributed by atoms with E-state index in [0.717, 1.165) is 5.56 Å². The highest BCUT2D eigenvalue weighted by Gasteiger charge is 2.23. The van der Waals surface area contributed by atoms with Crippen LogP contribution in [0.3, 0.4) is 0 Å². The van der Waals surface area contributed by atoms with Crippen molar-refractivity contribution in [2.75, 3.05) is 7.11 Å². The van der Waals surface area contributed by atoms with Crippen molar-refractivity contribution in [3.05, 3.63) is 46.9 Å². The highest BCUT2D eigenvalue weighted by molar-refractivity contribution is 6.08. The highest BCUT2D eigenvalue weighted by atomic mass is 16.5. The Labute approximate surface area is 88.3 Å². The number of fused-ring (bicyclic) bond motifs is 1. The van der Waals surface area contributed by atoms with Gasteiger partial charge in [-0.05, 0) is 6.92 Å². The summed E-state index contributed by atoms with van der Waals surface area (Å²) in [5, 5.41) is 0. The maximum absolute atomic E-state index is 12.0. The van der Waals surface area contributed by atoms with E-state index in [1.54, 1.807) is 13.0 Å². The molecule has 0 spiro atoms. The van der Waals surface area contributed by atoms with Crippen molar-refractivity contribution in [1.82, 2.24) is 0 Å². The second kappa shape index (κ2) is 3.77. The van der Waals surface area contributed by atoms with Crippen LogP contribution in [0, 0.1) is 0 Å². The van der Waals surface area contributed by atoms with Gasteiger partial charge in [0.2, 0.25) is 11.5 Å². The van der Waals surface area contributed by atoms with Crippen LogP contribution in [0.5, 0.6) is 0 Å². The number of allylic oxidation sites excluding steroid dienone is 2. The maximum atomic E-state index is 12.0. The zero-order chi connectivity index (χ0) is 10.8. The summed E-state index contributed by atoms with van der Waals surface area (Å²) in [7, 11) is 1.48. The van der Waals surface area contributed by atoms with Gasteiger partial charge in [0.25, 0.3) is 0 Å². The van der Waals surface area contributed by atoms with Crippen molar-refractivity contribution < 1.29 is 14.3 Å². The van der Waals surface area contributed by atoms with E-state index in [4.69, 9.17) is 9.47 Å². The van der Waals surface area contributed by atoms with Gasteiger partial charge >= 0.3 is 0 Å². The summed E-state index contributed by atoms with van der Waals surface area (Å²) in [5.74, 6) is 0.724. The Hall–Kier alpha value is -1.77. The number of benzene rings is 1. The molecule has 0 amide bonds. The molecule has 1 aliphatic rings. The smallest absolute Gasteiger partial charge is 0.231 e. The van der Waals surface area contributed by atoms with E-state index in [1.807, 2.05) is 18.2 Å². The lowest BCUT2D eigenvalue weighted by Crippen LogP contribution is -2.07. The summed E-state index contributed by atoms with van der Waals surface area (Å²) < 4.78 is 10.5. The van der Waals surface area contributed by atoms with Gasteiger partial charge in [0.1, 0.15) is 12.4 Å². The van der Waals surface area contributed by atoms with Gasteiger partial charge in [0.05, 0.1) is 7.11 Å². The van der Waals surface area contributed by atoms with Gasteiger partial charge in [0.15, 0.2) is 0 Å². The van der Waals surface area contributed by atoms with Crippen LogP contribution in [-0.2, 0) is 16.1 Å². The van der Waals surface area contributed by atoms with E-state index in [0.29, 0.717) is 23.7 Å². The van der Waals surface area contributed by atoms with Crippen LogP contribution in [0.2, 0.25) is 0 Å². The molecule has 3 nitrogen and oxygen atoms in total. The molecule has 1 aromatic rings. The summed E-state index contributed by atoms with van der Waals surface area (Å²) in [6.07, 6.45) is 0. The Morgan fingerprint density at radius 2 is 2.07 bits per heavy atom. The molecule has 0 atom stereocenters. The largest absolute Gasteiger partial charge is 0.490 e. The summed E-state index contributed by atoms with van der Waals surface area (Å²) in [6.45, 7) is 2.16. The van der Waals surface area contributed by atoms with Crippen LogP contribution >= 0.6 is 0 Å². The van der Waals surface area contributed by atoms with Crippen molar-refractivity contribution in [2.24, 2.45) is 0 Å². The van der Waals surface area contributed by atoms with Crippen LogP contribution in [0.4, 0.5) is 0 Å². The summed E-state index contributed by atoms with van der Waals surface area (Å²) in [5.41, 5.74) is 1.56. The number of hydrogen-bond donors (Lipinski definition) is 0. The first-order valence-electron chi connectivity index (χ1n) is 4.74.